The van der Waals surface area contributed by atoms with Crippen molar-refractivity contribution in [2.75, 3.05) is 25.5 Å². The average molecular weight is 468 g/mol. The molecule has 1 aliphatic rings. The first-order valence-corrected chi connectivity index (χ1v) is 12.6. The van der Waals surface area contributed by atoms with Gasteiger partial charge in [0.2, 0.25) is 26.0 Å². The second-order valence-electron chi connectivity index (χ2n) is 7.42. The van der Waals surface area contributed by atoms with Gasteiger partial charge in [-0.15, -0.1) is 0 Å². The van der Waals surface area contributed by atoms with Crippen molar-refractivity contribution in [3.05, 3.63) is 48.0 Å². The summed E-state index contributed by atoms with van der Waals surface area (Å²) in [6.07, 6.45) is 1.08. The van der Waals surface area contributed by atoms with E-state index in [4.69, 9.17) is 9.88 Å². The molecule has 11 heteroatoms. The van der Waals surface area contributed by atoms with Gasteiger partial charge >= 0.3 is 0 Å². The van der Waals surface area contributed by atoms with Gasteiger partial charge in [-0.05, 0) is 61.7 Å². The smallest absolute Gasteiger partial charge is 0.246 e. The Kier molecular flexibility index (Phi) is 6.70. The number of nitrogens with one attached hydrogen (secondary N) is 1. The molecule has 0 aromatic heterocycles. The molecule has 3 rings (SSSR count). The third-order valence-corrected chi connectivity index (χ3v) is 7.96. The van der Waals surface area contributed by atoms with Crippen LogP contribution in [0.2, 0.25) is 0 Å². The van der Waals surface area contributed by atoms with Crippen LogP contribution in [0.5, 0.6) is 5.75 Å². The zero-order valence-electron chi connectivity index (χ0n) is 17.2. The Balaban J connectivity index is 1.75. The number of hydrogen-bond acceptors (Lipinski definition) is 6. The molecule has 0 unspecified atom stereocenters. The van der Waals surface area contributed by atoms with E-state index in [2.05, 4.69) is 5.32 Å². The summed E-state index contributed by atoms with van der Waals surface area (Å²) in [5.74, 6) is -0.621. The number of carbonyl (C=O) groups excluding carboxylic acids is 1. The molecule has 0 spiro atoms. The van der Waals surface area contributed by atoms with E-state index >= 15 is 0 Å². The predicted molar refractivity (Wildman–Crippen MR) is 116 cm³/mol. The number of primary sulfonamides is 1. The highest BCUT2D eigenvalue weighted by Crippen LogP contribution is 2.31. The number of piperidine rings is 1. The minimum absolute atomic E-state index is 0.0422. The highest BCUT2D eigenvalue weighted by Gasteiger charge is 2.35. The number of nitrogens with zero attached hydrogens (tertiary/aromatic N) is 1. The summed E-state index contributed by atoms with van der Waals surface area (Å²) in [5, 5.41) is 7.79. The number of methoxy groups -OCH3 is 1. The molecule has 2 aromatic rings. The van der Waals surface area contributed by atoms with Crippen molar-refractivity contribution in [2.45, 2.75) is 29.6 Å². The molecule has 1 atom stereocenters. The Hall–Kier alpha value is -2.47. The first kappa shape index (κ1) is 23.2. The van der Waals surface area contributed by atoms with Gasteiger partial charge in [-0.1, -0.05) is 6.07 Å². The molecular formula is C20H25N3O6S2. The maximum atomic E-state index is 13.2. The standard InChI is InChI=1S/C20H25N3O6S2/c1-14-5-10-18(29-2)19(12-14)31(27,28)23-11-3-4-15(13-23)20(24)22-16-6-8-17(9-7-16)30(21,25)26/h5-10,12,15H,3-4,11,13H2,1-2H3,(H,22,24)(H2,21,25,26)/t15-/m1/s1. The zero-order chi connectivity index (χ0) is 22.8. The number of sulfonamides is 2. The third-order valence-electron chi connectivity index (χ3n) is 5.14. The van der Waals surface area contributed by atoms with E-state index in [1.165, 1.54) is 35.7 Å². The summed E-state index contributed by atoms with van der Waals surface area (Å²) in [6.45, 7) is 2.15. The summed E-state index contributed by atoms with van der Waals surface area (Å²) < 4.78 is 55.7. The Morgan fingerprint density at radius 2 is 1.81 bits per heavy atom. The van der Waals surface area contributed by atoms with Gasteiger partial charge in [0.25, 0.3) is 0 Å². The molecule has 0 bridgehead atoms. The topological polar surface area (TPSA) is 136 Å². The van der Waals surface area contributed by atoms with E-state index in [1.807, 2.05) is 0 Å². The molecule has 0 aliphatic carbocycles. The second kappa shape index (κ2) is 8.95. The van der Waals surface area contributed by atoms with Crippen LogP contribution in [-0.2, 0) is 24.8 Å². The van der Waals surface area contributed by atoms with Gasteiger partial charge in [-0.25, -0.2) is 22.0 Å². The summed E-state index contributed by atoms with van der Waals surface area (Å²) >= 11 is 0. The minimum Gasteiger partial charge on any atom is -0.495 e. The van der Waals surface area contributed by atoms with Crippen molar-refractivity contribution in [1.82, 2.24) is 4.31 Å². The van der Waals surface area contributed by atoms with Crippen LogP contribution in [0.25, 0.3) is 0 Å². The quantitative estimate of drug-likeness (QED) is 0.664. The monoisotopic (exact) mass is 467 g/mol. The minimum atomic E-state index is -3.84. The van der Waals surface area contributed by atoms with Crippen LogP contribution in [0.15, 0.2) is 52.3 Å². The molecule has 1 saturated heterocycles. The van der Waals surface area contributed by atoms with Crippen LogP contribution in [0.1, 0.15) is 18.4 Å². The molecule has 1 fully saturated rings. The third kappa shape index (κ3) is 5.24. The maximum Gasteiger partial charge on any atom is 0.246 e. The number of benzene rings is 2. The lowest BCUT2D eigenvalue weighted by Gasteiger charge is -2.31. The van der Waals surface area contributed by atoms with Gasteiger partial charge < -0.3 is 10.1 Å². The lowest BCUT2D eigenvalue weighted by molar-refractivity contribution is -0.120. The Morgan fingerprint density at radius 3 is 2.42 bits per heavy atom. The highest BCUT2D eigenvalue weighted by molar-refractivity contribution is 7.89. The highest BCUT2D eigenvalue weighted by atomic mass is 32.2. The van der Waals surface area contributed by atoms with E-state index in [1.54, 1.807) is 25.1 Å². The van der Waals surface area contributed by atoms with E-state index < -0.39 is 26.0 Å². The van der Waals surface area contributed by atoms with E-state index in [9.17, 15) is 21.6 Å². The normalized spacial score (nSPS) is 17.8. The van der Waals surface area contributed by atoms with Crippen LogP contribution in [0.4, 0.5) is 5.69 Å². The summed E-state index contributed by atoms with van der Waals surface area (Å²) in [4.78, 5) is 12.8. The number of amides is 1. The molecule has 0 saturated carbocycles. The summed E-state index contributed by atoms with van der Waals surface area (Å²) in [6, 6.07) is 10.4. The zero-order valence-corrected chi connectivity index (χ0v) is 18.9. The summed E-state index contributed by atoms with van der Waals surface area (Å²) in [5.41, 5.74) is 1.19. The average Bonchev–Trinajstić information content (AvgIpc) is 2.73. The molecule has 0 radical (unpaired) electrons. The first-order valence-electron chi connectivity index (χ1n) is 9.61. The van der Waals surface area contributed by atoms with Crippen molar-refractivity contribution in [3.8, 4) is 5.75 Å². The van der Waals surface area contributed by atoms with Crippen LogP contribution in [-0.4, -0.2) is 47.2 Å². The van der Waals surface area contributed by atoms with Crippen LogP contribution < -0.4 is 15.2 Å². The van der Waals surface area contributed by atoms with Crippen molar-refractivity contribution in [1.29, 1.82) is 0 Å². The Bertz CT molecular complexity index is 1180. The fraction of sp³-hybridized carbons (Fsp3) is 0.350. The molecular weight excluding hydrogens is 442 g/mol. The molecule has 2 aromatic carbocycles. The van der Waals surface area contributed by atoms with Gasteiger partial charge in [-0.2, -0.15) is 4.31 Å². The van der Waals surface area contributed by atoms with Crippen LogP contribution in [0.3, 0.4) is 0 Å². The molecule has 31 heavy (non-hydrogen) atoms. The Morgan fingerprint density at radius 1 is 1.13 bits per heavy atom. The molecule has 9 nitrogen and oxygen atoms in total. The number of carbonyl (C=O) groups is 1. The second-order valence-corrected chi connectivity index (χ2v) is 10.9. The molecule has 168 valence electrons. The van der Waals surface area contributed by atoms with Gasteiger partial charge in [0.1, 0.15) is 10.6 Å². The van der Waals surface area contributed by atoms with Crippen molar-refractivity contribution < 1.29 is 26.4 Å². The van der Waals surface area contributed by atoms with Gasteiger partial charge in [0.15, 0.2) is 0 Å². The van der Waals surface area contributed by atoms with Crippen LogP contribution in [0, 0.1) is 12.8 Å². The van der Waals surface area contributed by atoms with Crippen LogP contribution >= 0.6 is 0 Å². The molecule has 1 aliphatic heterocycles. The number of hydrogen-bond donors (Lipinski definition) is 2. The number of ether oxygens (including phenoxy) is 1. The molecule has 1 heterocycles. The van der Waals surface area contributed by atoms with Gasteiger partial charge in [0, 0.05) is 18.8 Å². The fourth-order valence-electron chi connectivity index (χ4n) is 3.47. The van der Waals surface area contributed by atoms with Crippen molar-refractivity contribution in [2.24, 2.45) is 11.1 Å². The first-order chi connectivity index (χ1) is 14.5. The number of aryl methyl sites for hydroxylation is 1. The van der Waals surface area contributed by atoms with E-state index in [-0.39, 0.29) is 28.0 Å². The van der Waals surface area contributed by atoms with E-state index in [0.29, 0.717) is 25.1 Å². The van der Waals surface area contributed by atoms with Crippen molar-refractivity contribution >= 4 is 31.6 Å². The fourth-order valence-corrected chi connectivity index (χ4v) is 5.75. The summed E-state index contributed by atoms with van der Waals surface area (Å²) in [7, 11) is -6.25. The van der Waals surface area contributed by atoms with Gasteiger partial charge in [-0.3, -0.25) is 4.79 Å². The molecule has 3 N–H and O–H groups in total. The van der Waals surface area contributed by atoms with Crippen molar-refractivity contribution in [3.63, 3.8) is 0 Å². The van der Waals surface area contributed by atoms with Gasteiger partial charge in [0.05, 0.1) is 17.9 Å². The maximum absolute atomic E-state index is 13.2. The Labute approximate surface area is 182 Å². The lowest BCUT2D eigenvalue weighted by atomic mass is 9.99. The predicted octanol–water partition coefficient (Wildman–Crippen LogP) is 1.69. The lowest BCUT2D eigenvalue weighted by Crippen LogP contribution is -2.43. The number of rotatable bonds is 6. The van der Waals surface area contributed by atoms with E-state index in [0.717, 1.165) is 5.56 Å². The molecule has 1 amide bonds. The number of nitrogens with two attached hydrogens (primary N) is 1. The number of anilines is 1. The SMILES string of the molecule is COc1ccc(C)cc1S(=O)(=O)N1CCC[C@@H](C(=O)Nc2ccc(S(N)(=O)=O)cc2)C1. The largest absolute Gasteiger partial charge is 0.495 e.